The van der Waals surface area contributed by atoms with Crippen molar-refractivity contribution in [2.75, 3.05) is 0 Å². The zero-order chi connectivity index (χ0) is 18.5. The summed E-state index contributed by atoms with van der Waals surface area (Å²) in [6.45, 7) is 4.09. The number of aliphatic imine (C=N–C) groups is 1. The maximum absolute atomic E-state index is 12.6. The Morgan fingerprint density at radius 3 is 2.85 bits per heavy atom. The fourth-order valence-electron chi connectivity index (χ4n) is 2.36. The molecule has 1 aromatic carbocycles. The summed E-state index contributed by atoms with van der Waals surface area (Å²) in [6, 6.07) is 6.43. The monoisotopic (exact) mass is 682 g/mol. The van der Waals surface area contributed by atoms with E-state index < -0.39 is 0 Å². The van der Waals surface area contributed by atoms with Gasteiger partial charge in [-0.15, -0.1) is 0 Å². The molecule has 0 fully saturated rings. The quantitative estimate of drug-likeness (QED) is 0.388. The predicted molar refractivity (Wildman–Crippen MR) is 108 cm³/mol. The van der Waals surface area contributed by atoms with Crippen LogP contribution in [0.2, 0.25) is 0 Å². The Kier molecular flexibility index (Phi) is 7.27. The first kappa shape index (κ1) is 20.0. The zero-order valence-corrected chi connectivity index (χ0v) is 20.7. The summed E-state index contributed by atoms with van der Waals surface area (Å²) in [6.07, 6.45) is 5.90. The molecule has 136 valence electrons. The normalized spacial score (nSPS) is 17.3. The second-order valence-corrected chi connectivity index (χ2v) is 10.9. The van der Waals surface area contributed by atoms with Crippen LogP contribution in [0.3, 0.4) is 0 Å². The predicted octanol–water partition coefficient (Wildman–Crippen LogP) is -1.52. The van der Waals surface area contributed by atoms with Crippen molar-refractivity contribution in [1.29, 1.82) is 0 Å². The number of carbonyl (C=O) groups is 1. The number of aryl methyl sites for hydroxylation is 1. The molecule has 0 radical (unpaired) electrons. The average Bonchev–Trinajstić information content (AvgIpc) is 2.97. The summed E-state index contributed by atoms with van der Waals surface area (Å²) in [7, 11) is 0. The molecule has 26 heavy (non-hydrogen) atoms. The Morgan fingerprint density at radius 2 is 2.00 bits per heavy atom. The van der Waals surface area contributed by atoms with Crippen LogP contribution >= 0.6 is 22.6 Å². The third-order valence-corrected chi connectivity index (χ3v) is 8.24. The van der Waals surface area contributed by atoms with E-state index in [0.29, 0.717) is 5.82 Å². The molecule has 3 rings (SSSR count). The van der Waals surface area contributed by atoms with E-state index in [-0.39, 0.29) is 48.3 Å². The van der Waals surface area contributed by atoms with Gasteiger partial charge in [-0.25, -0.2) is 0 Å². The molecule has 0 bridgehead atoms. The van der Waals surface area contributed by atoms with Gasteiger partial charge in [-0.05, 0) is 0 Å². The molecule has 0 aromatic heterocycles. The van der Waals surface area contributed by atoms with E-state index in [1.165, 1.54) is 14.7 Å². The van der Waals surface area contributed by atoms with Gasteiger partial charge < -0.3 is 0 Å². The number of allylic oxidation sites excluding steroid dienone is 3. The second-order valence-electron chi connectivity index (χ2n) is 5.67. The molecule has 2 heterocycles. The molecule has 0 saturated carbocycles. The van der Waals surface area contributed by atoms with Gasteiger partial charge in [-0.2, -0.15) is 0 Å². The van der Waals surface area contributed by atoms with E-state index in [4.69, 9.17) is 0 Å². The van der Waals surface area contributed by atoms with E-state index in [0.717, 1.165) is 16.7 Å². The number of rotatable bonds is 3. The van der Waals surface area contributed by atoms with Gasteiger partial charge in [0.2, 0.25) is 0 Å². The second kappa shape index (κ2) is 9.45. The van der Waals surface area contributed by atoms with Crippen LogP contribution in [0.25, 0.3) is 5.57 Å². The van der Waals surface area contributed by atoms with Crippen molar-refractivity contribution in [2.24, 2.45) is 4.99 Å². The van der Waals surface area contributed by atoms with E-state index in [9.17, 15) is 4.79 Å². The number of amides is 1. The summed E-state index contributed by atoms with van der Waals surface area (Å²) in [5.74, 6) is 0.588. The fraction of sp³-hybridized carbons (Fsp3) is 0.100. The molecular formula is C20H17I3N2O-2. The third-order valence-electron chi connectivity index (χ3n) is 3.78. The van der Waals surface area contributed by atoms with Gasteiger partial charge in [0.25, 0.3) is 0 Å². The van der Waals surface area contributed by atoms with Gasteiger partial charge in [-0.3, -0.25) is 0 Å². The molecule has 2 aliphatic rings. The van der Waals surface area contributed by atoms with Crippen molar-refractivity contribution in [3.8, 4) is 0 Å². The van der Waals surface area contributed by atoms with Crippen molar-refractivity contribution < 1.29 is 47.2 Å². The van der Waals surface area contributed by atoms with E-state index in [1.54, 1.807) is 0 Å². The number of benzene rings is 1. The Labute approximate surface area is 188 Å². The van der Waals surface area contributed by atoms with Gasteiger partial charge in [0.1, 0.15) is 0 Å². The van der Waals surface area contributed by atoms with Crippen LogP contribution in [-0.4, -0.2) is 12.1 Å². The Hall–Kier alpha value is -0.750. The number of nitrogens with zero attached hydrogens (tertiary/aromatic N) is 1. The summed E-state index contributed by atoms with van der Waals surface area (Å²) in [5, 5.41) is 2.98. The van der Waals surface area contributed by atoms with E-state index >= 15 is 0 Å². The van der Waals surface area contributed by atoms with Crippen LogP contribution in [-0.2, 0) is 4.79 Å². The Balaban J connectivity index is 1.74. The zero-order valence-electron chi connectivity index (χ0n) is 14.3. The molecule has 0 spiro atoms. The average molecular weight is 682 g/mol. The summed E-state index contributed by atoms with van der Waals surface area (Å²) < 4.78 is 9.74. The van der Waals surface area contributed by atoms with Crippen LogP contribution in [0.5, 0.6) is 0 Å². The van der Waals surface area contributed by atoms with Crippen molar-refractivity contribution >= 4 is 40.3 Å². The fourth-order valence-corrected chi connectivity index (χ4v) is 6.36. The topological polar surface area (TPSA) is 41.5 Å². The van der Waals surface area contributed by atoms with Crippen molar-refractivity contribution in [3.05, 3.63) is 78.3 Å². The summed E-state index contributed by atoms with van der Waals surface area (Å²) in [4.78, 5) is 17.2. The van der Waals surface area contributed by atoms with Gasteiger partial charge in [0, 0.05) is 0 Å². The molecule has 6 heteroatoms. The Morgan fingerprint density at radius 1 is 1.15 bits per heavy atom. The molecule has 0 saturated heterocycles. The van der Waals surface area contributed by atoms with Gasteiger partial charge >= 0.3 is 190 Å². The Bertz CT molecular complexity index is 921. The summed E-state index contributed by atoms with van der Waals surface area (Å²) >= 11 is 1.81. The molecule has 0 unspecified atom stereocenters. The van der Waals surface area contributed by atoms with Gasteiger partial charge in [-0.1, -0.05) is 0 Å². The van der Waals surface area contributed by atoms with Crippen LogP contribution in [0, 0.1) is 10.5 Å². The molecule has 0 aliphatic carbocycles. The number of carbonyl (C=O) groups excluding carboxylic acids is 1. The summed E-state index contributed by atoms with van der Waals surface area (Å²) in [5.41, 5.74) is 5.34. The standard InChI is InChI=1S/C20H17I3N2O/c1-13-4-3-7-22-10-18(13)20(26)25-19-11-23-9-15(12-24-19)17-8-16(21)6-5-14(17)2/h3-12H,1-2H3,(H,25,26)/q-2. The number of nitrogens with one attached hydrogen (secondary N) is 1. The first-order valence-corrected chi connectivity index (χ1v) is 13.9. The maximum atomic E-state index is 12.6. The van der Waals surface area contributed by atoms with Crippen LogP contribution < -0.4 is 47.7 Å². The number of hydrogen-bond acceptors (Lipinski definition) is 2. The molecule has 0 atom stereocenters. The minimum absolute atomic E-state index is 0.0663. The first-order chi connectivity index (χ1) is 12.5. The van der Waals surface area contributed by atoms with E-state index in [1.807, 2.05) is 25.3 Å². The third kappa shape index (κ3) is 5.16. The SMILES string of the molecule is CC1=CC=C[I-]C=C1C(=O)NC1=C[I-]C=C(c2cc(I)ccc2C)C=N1. The molecule has 2 aliphatic heterocycles. The van der Waals surface area contributed by atoms with Gasteiger partial charge in [0.15, 0.2) is 0 Å². The molecule has 1 amide bonds. The van der Waals surface area contributed by atoms with Crippen LogP contribution in [0.15, 0.2) is 68.6 Å². The van der Waals surface area contributed by atoms with Crippen LogP contribution in [0.4, 0.5) is 0 Å². The van der Waals surface area contributed by atoms with Crippen molar-refractivity contribution in [2.45, 2.75) is 13.8 Å². The molecule has 1 N–H and O–H groups in total. The van der Waals surface area contributed by atoms with Crippen molar-refractivity contribution in [3.63, 3.8) is 0 Å². The first-order valence-electron chi connectivity index (χ1n) is 7.85. The number of hydrogen-bond donors (Lipinski definition) is 1. The van der Waals surface area contributed by atoms with Gasteiger partial charge in [0.05, 0.1) is 0 Å². The van der Waals surface area contributed by atoms with Crippen LogP contribution in [0.1, 0.15) is 18.1 Å². The minimum atomic E-state index is -0.315. The molecule has 1 aromatic rings. The molecular weight excluding hydrogens is 665 g/mol. The van der Waals surface area contributed by atoms with E-state index in [2.05, 4.69) is 74.4 Å². The number of halogens is 3. The van der Waals surface area contributed by atoms with Crippen molar-refractivity contribution in [1.82, 2.24) is 5.32 Å². The molecule has 3 nitrogen and oxygen atoms in total.